The van der Waals surface area contributed by atoms with Gasteiger partial charge in [-0.1, -0.05) is 17.7 Å². The Morgan fingerprint density at radius 3 is 2.31 bits per heavy atom. The van der Waals surface area contributed by atoms with E-state index in [9.17, 15) is 18.5 Å². The van der Waals surface area contributed by atoms with Gasteiger partial charge in [-0.15, -0.1) is 5.10 Å². The lowest BCUT2D eigenvalue weighted by Crippen LogP contribution is -2.21. The van der Waals surface area contributed by atoms with Crippen LogP contribution in [0.4, 0.5) is 5.69 Å². The SMILES string of the molecule is Cc1ccc(S(=O)(=O)O)cc1.NC(N)=N/N=C/c1cc2c(cc1[N+](=O)[O-])OCO2. The van der Waals surface area contributed by atoms with Crippen molar-refractivity contribution in [3.63, 3.8) is 0 Å². The van der Waals surface area contributed by atoms with Gasteiger partial charge < -0.3 is 20.9 Å². The maximum Gasteiger partial charge on any atom is 0.294 e. The van der Waals surface area contributed by atoms with Gasteiger partial charge in [0, 0.05) is 0 Å². The molecular weight excluding hydrogens is 406 g/mol. The second-order valence-electron chi connectivity index (χ2n) is 5.58. The van der Waals surface area contributed by atoms with E-state index in [0.717, 1.165) is 5.56 Å². The highest BCUT2D eigenvalue weighted by Gasteiger charge is 2.22. The van der Waals surface area contributed by atoms with E-state index in [1.54, 1.807) is 12.1 Å². The molecule has 0 spiro atoms. The normalized spacial score (nSPS) is 12.2. The summed E-state index contributed by atoms with van der Waals surface area (Å²) >= 11 is 0. The average Bonchev–Trinajstić information content (AvgIpc) is 3.08. The number of fused-ring (bicyclic) bond motifs is 1. The van der Waals surface area contributed by atoms with E-state index in [4.69, 9.17) is 25.5 Å². The molecule has 0 unspecified atom stereocenters. The molecule has 0 aliphatic carbocycles. The number of ether oxygens (including phenoxy) is 2. The molecule has 0 amide bonds. The molecule has 12 nitrogen and oxygen atoms in total. The molecule has 0 fully saturated rings. The van der Waals surface area contributed by atoms with E-state index >= 15 is 0 Å². The number of aryl methyl sites for hydroxylation is 1. The summed E-state index contributed by atoms with van der Waals surface area (Å²) in [4.78, 5) is 10.3. The Bertz CT molecular complexity index is 1060. The lowest BCUT2D eigenvalue weighted by Gasteiger charge is -1.99. The smallest absolute Gasteiger partial charge is 0.294 e. The lowest BCUT2D eigenvalue weighted by molar-refractivity contribution is -0.385. The number of benzene rings is 2. The zero-order valence-electron chi connectivity index (χ0n) is 15.0. The van der Waals surface area contributed by atoms with Crippen LogP contribution < -0.4 is 20.9 Å². The molecule has 2 aromatic carbocycles. The van der Waals surface area contributed by atoms with Gasteiger partial charge in [0.25, 0.3) is 15.8 Å². The molecule has 1 aliphatic rings. The predicted octanol–water partition coefficient (Wildman–Crippen LogP) is 1.17. The number of hydrogen-bond acceptors (Lipinski definition) is 8. The summed E-state index contributed by atoms with van der Waals surface area (Å²) in [6.07, 6.45) is 1.17. The molecule has 0 atom stereocenters. The fourth-order valence-corrected chi connectivity index (χ4v) is 2.56. The molecule has 2 aromatic rings. The van der Waals surface area contributed by atoms with Crippen LogP contribution >= 0.6 is 0 Å². The van der Waals surface area contributed by atoms with Gasteiger partial charge in [-0.3, -0.25) is 14.7 Å². The Morgan fingerprint density at radius 1 is 1.21 bits per heavy atom. The van der Waals surface area contributed by atoms with Crippen LogP contribution in [0.1, 0.15) is 11.1 Å². The van der Waals surface area contributed by atoms with Gasteiger partial charge in [0.15, 0.2) is 11.5 Å². The first-order chi connectivity index (χ1) is 13.6. The summed E-state index contributed by atoms with van der Waals surface area (Å²) in [5, 5.41) is 17.8. The molecule has 154 valence electrons. The third-order valence-electron chi connectivity index (χ3n) is 3.41. The molecule has 5 N–H and O–H groups in total. The summed E-state index contributed by atoms with van der Waals surface area (Å²) in [6, 6.07) is 8.69. The molecule has 0 saturated heterocycles. The number of hydrogen-bond donors (Lipinski definition) is 3. The van der Waals surface area contributed by atoms with Crippen molar-refractivity contribution >= 4 is 28.0 Å². The van der Waals surface area contributed by atoms with E-state index in [1.165, 1.54) is 30.5 Å². The molecule has 0 radical (unpaired) electrons. The zero-order chi connectivity index (χ0) is 21.6. The van der Waals surface area contributed by atoms with Crippen molar-refractivity contribution in [3.05, 3.63) is 57.6 Å². The fourth-order valence-electron chi connectivity index (χ4n) is 2.08. The van der Waals surface area contributed by atoms with Crippen LogP contribution in [0.15, 0.2) is 51.5 Å². The minimum absolute atomic E-state index is 0.0288. The van der Waals surface area contributed by atoms with Crippen molar-refractivity contribution in [1.82, 2.24) is 0 Å². The largest absolute Gasteiger partial charge is 0.454 e. The van der Waals surface area contributed by atoms with E-state index in [1.807, 2.05) is 6.92 Å². The molecule has 0 saturated carbocycles. The quantitative estimate of drug-likeness (QED) is 0.213. The van der Waals surface area contributed by atoms with Crippen molar-refractivity contribution in [2.75, 3.05) is 6.79 Å². The average molecular weight is 423 g/mol. The number of guanidine groups is 1. The Balaban J connectivity index is 0.000000234. The van der Waals surface area contributed by atoms with Crippen molar-refractivity contribution in [2.45, 2.75) is 11.8 Å². The second kappa shape index (κ2) is 8.99. The molecule has 0 bridgehead atoms. The number of nitrogens with two attached hydrogens (primary N) is 2. The molecule has 1 heterocycles. The standard InChI is InChI=1S/C9H9N5O4.C7H8O3S/c10-9(11)13-12-3-5-1-7-8(18-4-17-7)2-6(5)14(15)16;1-6-2-4-7(5-3-6)11(8,9)10/h1-3H,4H2,(H4,10,11,13);2-5H,1H3,(H,8,9,10)/b12-3+;. The van der Waals surface area contributed by atoms with Gasteiger partial charge in [-0.2, -0.15) is 13.5 Å². The monoisotopic (exact) mass is 423 g/mol. The minimum atomic E-state index is -4.02. The Labute approximate surface area is 165 Å². The number of nitrogens with zero attached hydrogens (tertiary/aromatic N) is 3. The van der Waals surface area contributed by atoms with Crippen LogP contribution in [0.5, 0.6) is 11.5 Å². The fraction of sp³-hybridized carbons (Fsp3) is 0.125. The summed E-state index contributed by atoms with van der Waals surface area (Å²) in [5.74, 6) is 0.488. The first-order valence-electron chi connectivity index (χ1n) is 7.82. The van der Waals surface area contributed by atoms with Crippen molar-refractivity contribution < 1.29 is 27.4 Å². The highest BCUT2D eigenvalue weighted by atomic mass is 32.2. The zero-order valence-corrected chi connectivity index (χ0v) is 15.9. The van der Waals surface area contributed by atoms with Crippen LogP contribution in [0.3, 0.4) is 0 Å². The van der Waals surface area contributed by atoms with Gasteiger partial charge in [0.2, 0.25) is 12.8 Å². The van der Waals surface area contributed by atoms with Crippen LogP contribution in [-0.4, -0.2) is 36.9 Å². The summed E-state index contributed by atoms with van der Waals surface area (Å²) < 4.78 is 39.7. The highest BCUT2D eigenvalue weighted by Crippen LogP contribution is 2.37. The Morgan fingerprint density at radius 2 is 1.79 bits per heavy atom. The van der Waals surface area contributed by atoms with Gasteiger partial charge in [-0.25, -0.2) is 0 Å². The van der Waals surface area contributed by atoms with Crippen LogP contribution in [0.25, 0.3) is 0 Å². The van der Waals surface area contributed by atoms with E-state index in [2.05, 4.69) is 10.2 Å². The highest BCUT2D eigenvalue weighted by molar-refractivity contribution is 7.85. The van der Waals surface area contributed by atoms with Gasteiger partial charge in [-0.05, 0) is 25.1 Å². The first-order valence-corrected chi connectivity index (χ1v) is 9.26. The van der Waals surface area contributed by atoms with Crippen molar-refractivity contribution in [2.24, 2.45) is 21.7 Å². The van der Waals surface area contributed by atoms with Crippen molar-refractivity contribution in [1.29, 1.82) is 0 Å². The van der Waals surface area contributed by atoms with Gasteiger partial charge in [0.05, 0.1) is 27.7 Å². The van der Waals surface area contributed by atoms with Gasteiger partial charge >= 0.3 is 0 Å². The van der Waals surface area contributed by atoms with Gasteiger partial charge in [0.1, 0.15) is 0 Å². The van der Waals surface area contributed by atoms with E-state index in [-0.39, 0.29) is 28.9 Å². The molecule has 3 rings (SSSR count). The number of nitro benzene ring substituents is 1. The lowest BCUT2D eigenvalue weighted by atomic mass is 10.1. The summed E-state index contributed by atoms with van der Waals surface area (Å²) in [6.45, 7) is 1.87. The molecule has 13 heteroatoms. The third-order valence-corrected chi connectivity index (χ3v) is 4.28. The van der Waals surface area contributed by atoms with Crippen molar-refractivity contribution in [3.8, 4) is 11.5 Å². The number of nitro groups is 1. The summed E-state index contributed by atoms with van der Waals surface area (Å²) in [7, 11) is -4.02. The van der Waals surface area contributed by atoms with Crippen LogP contribution in [-0.2, 0) is 10.1 Å². The molecule has 1 aliphatic heterocycles. The molecule has 0 aromatic heterocycles. The number of rotatable bonds is 4. The second-order valence-corrected chi connectivity index (χ2v) is 7.00. The third kappa shape index (κ3) is 6.15. The molecule has 29 heavy (non-hydrogen) atoms. The summed E-state index contributed by atoms with van der Waals surface area (Å²) in [5.41, 5.74) is 11.2. The maximum atomic E-state index is 10.9. The Kier molecular flexibility index (Phi) is 6.69. The van der Waals surface area contributed by atoms with Crippen LogP contribution in [0.2, 0.25) is 0 Å². The Hall–Kier alpha value is -3.71. The van der Waals surface area contributed by atoms with Crippen LogP contribution in [0, 0.1) is 17.0 Å². The molecular formula is C16H17N5O7S. The minimum Gasteiger partial charge on any atom is -0.454 e. The maximum absolute atomic E-state index is 10.9. The van der Waals surface area contributed by atoms with E-state index in [0.29, 0.717) is 11.5 Å². The van der Waals surface area contributed by atoms with E-state index < -0.39 is 15.0 Å². The predicted molar refractivity (Wildman–Crippen MR) is 104 cm³/mol. The first kappa shape index (κ1) is 21.6. The topological polar surface area (TPSA) is 193 Å².